The third-order valence-electron chi connectivity index (χ3n) is 8.30. The molecule has 0 aliphatic carbocycles. The van der Waals surface area contributed by atoms with Crippen molar-refractivity contribution in [2.24, 2.45) is 0 Å². The van der Waals surface area contributed by atoms with Crippen LogP contribution in [-0.2, 0) is 16.0 Å². The first-order valence-corrected chi connectivity index (χ1v) is 16.7. The molecule has 6 rings (SSSR count). The Bertz CT molecular complexity index is 1730. The van der Waals surface area contributed by atoms with Crippen molar-refractivity contribution < 1.29 is 19.1 Å². The molecule has 0 saturated carbocycles. The molecule has 2 aliphatic heterocycles. The molecule has 2 fully saturated rings. The Labute approximate surface area is 273 Å². The summed E-state index contributed by atoms with van der Waals surface area (Å²) in [6.07, 6.45) is 1.63. The van der Waals surface area contributed by atoms with Crippen LogP contribution in [0, 0.1) is 0 Å². The van der Waals surface area contributed by atoms with Gasteiger partial charge in [0.1, 0.15) is 22.3 Å². The number of hydrogen-bond acceptors (Lipinski definition) is 8. The van der Waals surface area contributed by atoms with Crippen LogP contribution in [0.15, 0.2) is 60.7 Å². The summed E-state index contributed by atoms with van der Waals surface area (Å²) in [7, 11) is 0. The van der Waals surface area contributed by atoms with Gasteiger partial charge in [-0.3, -0.25) is 19.8 Å². The Morgan fingerprint density at radius 1 is 0.935 bits per heavy atom. The van der Waals surface area contributed by atoms with Crippen molar-refractivity contribution >= 4 is 51.2 Å². The van der Waals surface area contributed by atoms with Gasteiger partial charge < -0.3 is 14.5 Å². The summed E-state index contributed by atoms with van der Waals surface area (Å²) in [5.74, 6) is 0.639. The monoisotopic (exact) mass is 640 g/mol. The van der Waals surface area contributed by atoms with E-state index in [1.165, 1.54) is 9.78 Å². The van der Waals surface area contributed by atoms with Crippen molar-refractivity contribution in [3.63, 3.8) is 0 Å². The van der Waals surface area contributed by atoms with E-state index < -0.39 is 17.7 Å². The molecule has 1 atom stereocenters. The number of ether oxygens (including phenoxy) is 1. The zero-order valence-electron chi connectivity index (χ0n) is 26.8. The number of hydrogen-bond donors (Lipinski definition) is 1. The molecule has 2 aromatic heterocycles. The van der Waals surface area contributed by atoms with E-state index in [9.17, 15) is 14.4 Å². The number of carbonyl (C=O) groups is 3. The number of likely N-dealkylation sites (tertiary alicyclic amines) is 1. The number of thiophene rings is 1. The highest BCUT2D eigenvalue weighted by Gasteiger charge is 2.37. The van der Waals surface area contributed by atoms with Gasteiger partial charge in [0, 0.05) is 43.2 Å². The van der Waals surface area contributed by atoms with E-state index in [0.29, 0.717) is 51.1 Å². The van der Waals surface area contributed by atoms with Gasteiger partial charge >= 0.3 is 6.09 Å². The highest BCUT2D eigenvalue weighted by molar-refractivity contribution is 7.18. The van der Waals surface area contributed by atoms with Gasteiger partial charge in [-0.1, -0.05) is 49.4 Å². The van der Waals surface area contributed by atoms with Gasteiger partial charge in [0.15, 0.2) is 0 Å². The fraction of sp³-hybridized carbons (Fsp3) is 0.400. The summed E-state index contributed by atoms with van der Waals surface area (Å²) in [5.41, 5.74) is 2.21. The number of fused-ring (bicyclic) bond motifs is 1. The van der Waals surface area contributed by atoms with Gasteiger partial charge in [-0.05, 0) is 69.4 Å². The topological polar surface area (TPSA) is 108 Å². The van der Waals surface area contributed by atoms with Crippen LogP contribution in [-0.4, -0.2) is 82.0 Å². The normalized spacial score (nSPS) is 17.0. The van der Waals surface area contributed by atoms with Gasteiger partial charge in [0.25, 0.3) is 5.91 Å². The molecule has 11 heteroatoms. The van der Waals surface area contributed by atoms with Crippen LogP contribution >= 0.6 is 11.3 Å². The minimum atomic E-state index is -0.651. The Kier molecular flexibility index (Phi) is 8.95. The zero-order chi connectivity index (χ0) is 32.4. The number of aryl methyl sites for hydroxylation is 1. The molecule has 1 N–H and O–H groups in total. The first-order chi connectivity index (χ1) is 22.1. The smallest absolute Gasteiger partial charge is 0.410 e. The van der Waals surface area contributed by atoms with Gasteiger partial charge in [0.05, 0.1) is 5.39 Å². The molecule has 0 unspecified atom stereocenters. The Morgan fingerprint density at radius 2 is 1.63 bits per heavy atom. The molecule has 2 saturated heterocycles. The first-order valence-electron chi connectivity index (χ1n) is 15.9. The van der Waals surface area contributed by atoms with Gasteiger partial charge in [-0.15, -0.1) is 11.3 Å². The SMILES string of the molecule is CCc1cc2c(N3CCN(C(=O)c4ccc(-c5ccccc5)cc4)CC3)nc(NC(=O)[C@@H]3CCCN3C(=O)OC(C)(C)C)nc2s1. The van der Waals surface area contributed by atoms with Crippen LogP contribution in [0.1, 0.15) is 55.8 Å². The highest BCUT2D eigenvalue weighted by Crippen LogP contribution is 2.33. The number of nitrogens with one attached hydrogen (secondary N) is 1. The number of rotatable bonds is 6. The van der Waals surface area contributed by atoms with Crippen molar-refractivity contribution in [3.8, 4) is 11.1 Å². The largest absolute Gasteiger partial charge is 0.444 e. The Morgan fingerprint density at radius 3 is 2.30 bits per heavy atom. The molecule has 10 nitrogen and oxygen atoms in total. The number of anilines is 2. The van der Waals surface area contributed by atoms with Crippen molar-refractivity contribution in [3.05, 3.63) is 71.1 Å². The third-order valence-corrected chi connectivity index (χ3v) is 9.47. The lowest BCUT2D eigenvalue weighted by atomic mass is 10.0. The van der Waals surface area contributed by atoms with Crippen molar-refractivity contribution in [1.29, 1.82) is 0 Å². The lowest BCUT2D eigenvalue weighted by Crippen LogP contribution is -2.49. The van der Waals surface area contributed by atoms with Crippen molar-refractivity contribution in [1.82, 2.24) is 19.8 Å². The molecule has 3 amide bonds. The summed E-state index contributed by atoms with van der Waals surface area (Å²) < 4.78 is 5.54. The fourth-order valence-electron chi connectivity index (χ4n) is 5.94. The molecule has 46 heavy (non-hydrogen) atoms. The second-order valence-corrected chi connectivity index (χ2v) is 13.8. The van der Waals surface area contributed by atoms with E-state index >= 15 is 0 Å². The lowest BCUT2D eigenvalue weighted by molar-refractivity contribution is -0.120. The molecular weight excluding hydrogens is 600 g/mol. The summed E-state index contributed by atoms with van der Waals surface area (Å²) in [6.45, 7) is 10.3. The molecule has 240 valence electrons. The van der Waals surface area contributed by atoms with E-state index in [1.807, 2.05) is 68.1 Å². The lowest BCUT2D eigenvalue weighted by Gasteiger charge is -2.35. The number of benzene rings is 2. The molecule has 2 aromatic carbocycles. The van der Waals surface area contributed by atoms with Gasteiger partial charge in [-0.2, -0.15) is 4.98 Å². The van der Waals surface area contributed by atoms with Crippen LogP contribution in [0.2, 0.25) is 0 Å². The molecular formula is C35H40N6O4S. The van der Waals surface area contributed by atoms with Crippen molar-refractivity contribution in [2.45, 2.75) is 58.6 Å². The van der Waals surface area contributed by atoms with E-state index in [2.05, 4.69) is 35.3 Å². The quantitative estimate of drug-likeness (QED) is 0.267. The van der Waals surface area contributed by atoms with Crippen LogP contribution in [0.5, 0.6) is 0 Å². The van der Waals surface area contributed by atoms with Crippen molar-refractivity contribution in [2.75, 3.05) is 42.9 Å². The zero-order valence-corrected chi connectivity index (χ0v) is 27.6. The standard InChI is InChI=1S/C35H40N6O4S/c1-5-26-22-27-29(36-33(38-31(27)46-26)37-30(42)28-12-9-17-41(28)34(44)45-35(2,3)4)39-18-20-40(21-19-39)32(43)25-15-13-24(14-16-25)23-10-7-6-8-11-23/h6-8,10-11,13-16,22,28H,5,9,12,17-21H2,1-4H3,(H,36,37,38,42)/t28-/m0/s1. The average Bonchev–Trinajstić information content (AvgIpc) is 3.72. The summed E-state index contributed by atoms with van der Waals surface area (Å²) >= 11 is 1.58. The number of aromatic nitrogens is 2. The Hall–Kier alpha value is -4.51. The molecule has 0 spiro atoms. The number of amides is 3. The molecule has 4 heterocycles. The number of piperazine rings is 1. The predicted molar refractivity (Wildman–Crippen MR) is 181 cm³/mol. The summed E-state index contributed by atoms with van der Waals surface area (Å²) in [6, 6.07) is 19.4. The molecule has 0 radical (unpaired) electrons. The second-order valence-electron chi connectivity index (χ2n) is 12.7. The third kappa shape index (κ3) is 6.84. The van der Waals surface area contributed by atoms with E-state index in [1.54, 1.807) is 11.3 Å². The molecule has 0 bridgehead atoms. The van der Waals surface area contributed by atoms with Crippen LogP contribution in [0.25, 0.3) is 21.3 Å². The predicted octanol–water partition coefficient (Wildman–Crippen LogP) is 6.22. The molecule has 4 aromatic rings. The van der Waals surface area contributed by atoms with Crippen LogP contribution < -0.4 is 10.2 Å². The highest BCUT2D eigenvalue weighted by atomic mass is 32.1. The summed E-state index contributed by atoms with van der Waals surface area (Å²) in [5, 5.41) is 3.84. The van der Waals surface area contributed by atoms with E-state index in [4.69, 9.17) is 14.7 Å². The Balaban J connectivity index is 1.16. The van der Waals surface area contributed by atoms with E-state index in [0.717, 1.165) is 33.6 Å². The average molecular weight is 641 g/mol. The minimum absolute atomic E-state index is 0.00922. The second kappa shape index (κ2) is 13.1. The van der Waals surface area contributed by atoms with Gasteiger partial charge in [-0.25, -0.2) is 9.78 Å². The molecule has 2 aliphatic rings. The maximum absolute atomic E-state index is 13.4. The number of carbonyl (C=O) groups excluding carboxylic acids is 3. The summed E-state index contributed by atoms with van der Waals surface area (Å²) in [4.78, 5) is 56.7. The first kappa shape index (κ1) is 31.5. The number of nitrogens with zero attached hydrogens (tertiary/aromatic N) is 5. The van der Waals surface area contributed by atoms with E-state index in [-0.39, 0.29) is 17.8 Å². The van der Waals surface area contributed by atoms with Crippen LogP contribution in [0.3, 0.4) is 0 Å². The maximum atomic E-state index is 13.4. The maximum Gasteiger partial charge on any atom is 0.410 e. The van der Waals surface area contributed by atoms with Crippen LogP contribution in [0.4, 0.5) is 16.6 Å². The minimum Gasteiger partial charge on any atom is -0.444 e. The van der Waals surface area contributed by atoms with Gasteiger partial charge in [0.2, 0.25) is 11.9 Å². The fourth-order valence-corrected chi connectivity index (χ4v) is 6.90.